The summed E-state index contributed by atoms with van der Waals surface area (Å²) in [6.07, 6.45) is 6.74. The molecule has 3 aromatic rings. The smallest absolute Gasteiger partial charge is 0.227 e. The zero-order chi connectivity index (χ0) is 19.2. The Morgan fingerprint density at radius 1 is 0.929 bits per heavy atom. The van der Waals surface area contributed by atoms with Crippen LogP contribution in [-0.2, 0) is 17.6 Å². The fourth-order valence-electron chi connectivity index (χ4n) is 3.84. The molecule has 1 amide bonds. The predicted molar refractivity (Wildman–Crippen MR) is 110 cm³/mol. The minimum atomic E-state index is 0.192. The van der Waals surface area contributed by atoms with Gasteiger partial charge in [-0.1, -0.05) is 42.5 Å². The van der Waals surface area contributed by atoms with Gasteiger partial charge in [0.1, 0.15) is 0 Å². The average molecular weight is 371 g/mol. The van der Waals surface area contributed by atoms with E-state index in [4.69, 9.17) is 4.98 Å². The van der Waals surface area contributed by atoms with E-state index in [0.29, 0.717) is 12.3 Å². The normalized spacial score (nSPS) is 14.8. The third kappa shape index (κ3) is 4.63. The van der Waals surface area contributed by atoms with Crippen LogP contribution in [0.4, 0.5) is 0 Å². The van der Waals surface area contributed by atoms with Crippen molar-refractivity contribution in [1.82, 2.24) is 14.9 Å². The number of aromatic nitrogens is 2. The third-order valence-electron chi connectivity index (χ3n) is 5.40. The van der Waals surface area contributed by atoms with Gasteiger partial charge in [-0.3, -0.25) is 14.8 Å². The van der Waals surface area contributed by atoms with E-state index in [1.165, 1.54) is 5.56 Å². The zero-order valence-corrected chi connectivity index (χ0v) is 16.0. The Kier molecular flexibility index (Phi) is 5.76. The van der Waals surface area contributed by atoms with Crippen LogP contribution in [0, 0.1) is 0 Å². The predicted octanol–water partition coefficient (Wildman–Crippen LogP) is 4.02. The molecule has 4 heteroatoms. The summed E-state index contributed by atoms with van der Waals surface area (Å²) in [7, 11) is 0. The summed E-state index contributed by atoms with van der Waals surface area (Å²) in [6.45, 7) is 1.60. The molecule has 4 nitrogen and oxygen atoms in total. The highest BCUT2D eigenvalue weighted by Crippen LogP contribution is 2.27. The van der Waals surface area contributed by atoms with Crippen molar-refractivity contribution in [3.05, 3.63) is 95.6 Å². The molecule has 0 bridgehead atoms. The number of nitrogens with zero attached hydrogens (tertiary/aromatic N) is 3. The van der Waals surface area contributed by atoms with E-state index in [1.807, 2.05) is 23.1 Å². The average Bonchev–Trinajstić information content (AvgIpc) is 2.75. The molecule has 0 radical (unpaired) electrons. The van der Waals surface area contributed by atoms with E-state index in [2.05, 4.69) is 47.4 Å². The van der Waals surface area contributed by atoms with Gasteiger partial charge < -0.3 is 4.90 Å². The number of carbonyl (C=O) groups is 1. The van der Waals surface area contributed by atoms with Crippen LogP contribution in [0.2, 0.25) is 0 Å². The number of benzene rings is 1. The molecule has 3 heterocycles. The molecule has 0 spiro atoms. The van der Waals surface area contributed by atoms with E-state index in [-0.39, 0.29) is 5.91 Å². The van der Waals surface area contributed by atoms with Crippen molar-refractivity contribution in [2.45, 2.75) is 31.6 Å². The highest BCUT2D eigenvalue weighted by Gasteiger charge is 2.24. The molecule has 0 aliphatic carbocycles. The summed E-state index contributed by atoms with van der Waals surface area (Å²) in [5.41, 5.74) is 4.53. The van der Waals surface area contributed by atoms with E-state index in [9.17, 15) is 4.79 Å². The first-order valence-electron chi connectivity index (χ1n) is 9.94. The molecule has 28 heavy (non-hydrogen) atoms. The molecule has 1 aliphatic heterocycles. The summed E-state index contributed by atoms with van der Waals surface area (Å²) < 4.78 is 0. The number of pyridine rings is 2. The number of carbonyl (C=O) groups excluding carboxylic acids is 1. The van der Waals surface area contributed by atoms with Gasteiger partial charge in [0.05, 0.1) is 6.42 Å². The first kappa shape index (κ1) is 18.4. The first-order valence-corrected chi connectivity index (χ1v) is 9.94. The summed E-state index contributed by atoms with van der Waals surface area (Å²) in [6, 6.07) is 20.6. The second-order valence-corrected chi connectivity index (χ2v) is 7.41. The van der Waals surface area contributed by atoms with Crippen molar-refractivity contribution in [3.8, 4) is 0 Å². The van der Waals surface area contributed by atoms with Crippen molar-refractivity contribution >= 4 is 5.91 Å². The van der Waals surface area contributed by atoms with Gasteiger partial charge in [-0.25, -0.2) is 0 Å². The summed E-state index contributed by atoms with van der Waals surface area (Å²) >= 11 is 0. The molecule has 1 fully saturated rings. The van der Waals surface area contributed by atoms with Gasteiger partial charge in [-0.2, -0.15) is 0 Å². The molecular weight excluding hydrogens is 346 g/mol. The molecule has 4 rings (SSSR count). The molecule has 0 saturated carbocycles. The minimum absolute atomic E-state index is 0.192. The number of likely N-dealkylation sites (tertiary alicyclic amines) is 1. The lowest BCUT2D eigenvalue weighted by Crippen LogP contribution is -2.39. The van der Waals surface area contributed by atoms with Gasteiger partial charge >= 0.3 is 0 Å². The Balaban J connectivity index is 1.35. The van der Waals surface area contributed by atoms with Crippen LogP contribution in [0.25, 0.3) is 0 Å². The van der Waals surface area contributed by atoms with Crippen LogP contribution in [0.15, 0.2) is 73.1 Å². The quantitative estimate of drug-likeness (QED) is 0.681. The van der Waals surface area contributed by atoms with Gasteiger partial charge in [-0.15, -0.1) is 0 Å². The molecule has 1 saturated heterocycles. The van der Waals surface area contributed by atoms with Crippen LogP contribution in [0.3, 0.4) is 0 Å². The fraction of sp³-hybridized carbons (Fsp3) is 0.292. The molecule has 142 valence electrons. The maximum atomic E-state index is 12.6. The molecule has 2 aromatic heterocycles. The van der Waals surface area contributed by atoms with Crippen molar-refractivity contribution in [2.24, 2.45) is 0 Å². The number of amides is 1. The van der Waals surface area contributed by atoms with E-state index in [0.717, 1.165) is 49.3 Å². The molecule has 0 unspecified atom stereocenters. The van der Waals surface area contributed by atoms with Gasteiger partial charge in [0.15, 0.2) is 0 Å². The third-order valence-corrected chi connectivity index (χ3v) is 5.40. The van der Waals surface area contributed by atoms with Gasteiger partial charge in [0.25, 0.3) is 0 Å². The Hall–Kier alpha value is -3.01. The zero-order valence-electron chi connectivity index (χ0n) is 16.0. The van der Waals surface area contributed by atoms with E-state index < -0.39 is 0 Å². The topological polar surface area (TPSA) is 46.1 Å². The monoisotopic (exact) mass is 371 g/mol. The van der Waals surface area contributed by atoms with Crippen molar-refractivity contribution in [3.63, 3.8) is 0 Å². The number of hydrogen-bond donors (Lipinski definition) is 0. The van der Waals surface area contributed by atoms with Crippen LogP contribution < -0.4 is 0 Å². The standard InChI is InChI=1S/C24H25N3O/c28-24(17-20-8-5-13-25-18-20)27-14-11-21(12-15-27)23-10-4-9-22(26-23)16-19-6-2-1-3-7-19/h1-10,13,18,21H,11-12,14-17H2. The molecule has 1 aromatic carbocycles. The number of hydrogen-bond acceptors (Lipinski definition) is 3. The highest BCUT2D eigenvalue weighted by molar-refractivity contribution is 5.78. The van der Waals surface area contributed by atoms with Gasteiger partial charge in [-0.05, 0) is 42.2 Å². The SMILES string of the molecule is O=C(Cc1cccnc1)N1CCC(c2cccc(Cc3ccccc3)n2)CC1. The van der Waals surface area contributed by atoms with Crippen LogP contribution >= 0.6 is 0 Å². The van der Waals surface area contributed by atoms with Crippen LogP contribution in [-0.4, -0.2) is 33.9 Å². The molecular formula is C24H25N3O. The molecule has 1 aliphatic rings. The summed E-state index contributed by atoms with van der Waals surface area (Å²) in [5.74, 6) is 0.621. The summed E-state index contributed by atoms with van der Waals surface area (Å²) in [4.78, 5) is 23.5. The number of piperidine rings is 1. The van der Waals surface area contributed by atoms with Gasteiger partial charge in [0.2, 0.25) is 5.91 Å². The van der Waals surface area contributed by atoms with Crippen molar-refractivity contribution in [1.29, 1.82) is 0 Å². The fourth-order valence-corrected chi connectivity index (χ4v) is 3.84. The maximum absolute atomic E-state index is 12.6. The summed E-state index contributed by atoms with van der Waals surface area (Å²) in [5, 5.41) is 0. The number of rotatable bonds is 5. The maximum Gasteiger partial charge on any atom is 0.227 e. The Morgan fingerprint density at radius 3 is 2.46 bits per heavy atom. The van der Waals surface area contributed by atoms with Crippen LogP contribution in [0.5, 0.6) is 0 Å². The Morgan fingerprint density at radius 2 is 1.71 bits per heavy atom. The van der Waals surface area contributed by atoms with Crippen LogP contribution in [0.1, 0.15) is 41.3 Å². The highest BCUT2D eigenvalue weighted by atomic mass is 16.2. The molecule has 0 atom stereocenters. The second-order valence-electron chi connectivity index (χ2n) is 7.41. The lowest BCUT2D eigenvalue weighted by atomic mass is 9.92. The molecule has 0 N–H and O–H groups in total. The minimum Gasteiger partial charge on any atom is -0.342 e. The van der Waals surface area contributed by atoms with E-state index >= 15 is 0 Å². The first-order chi connectivity index (χ1) is 13.8. The van der Waals surface area contributed by atoms with Crippen molar-refractivity contribution in [2.75, 3.05) is 13.1 Å². The van der Waals surface area contributed by atoms with Gasteiger partial charge in [0, 0.05) is 49.2 Å². The largest absolute Gasteiger partial charge is 0.342 e. The Bertz CT molecular complexity index is 903. The lowest BCUT2D eigenvalue weighted by molar-refractivity contribution is -0.131. The van der Waals surface area contributed by atoms with E-state index in [1.54, 1.807) is 12.4 Å². The lowest BCUT2D eigenvalue weighted by Gasteiger charge is -2.32. The second kappa shape index (κ2) is 8.79. The Labute approximate surface area is 166 Å². The van der Waals surface area contributed by atoms with Crippen molar-refractivity contribution < 1.29 is 4.79 Å².